The molecule has 4 aliphatic rings. The van der Waals surface area contributed by atoms with Crippen molar-refractivity contribution in [2.24, 2.45) is 58.2 Å². The Morgan fingerprint density at radius 2 is 1.62 bits per heavy atom. The molecule has 4 saturated carbocycles. The number of rotatable bonds is 8. The molecule has 0 aromatic heterocycles. The summed E-state index contributed by atoms with van der Waals surface area (Å²) in [6, 6.07) is 0. The van der Waals surface area contributed by atoms with Gasteiger partial charge in [0.25, 0.3) is 0 Å². The fourth-order valence-electron chi connectivity index (χ4n) is 9.67. The fourth-order valence-corrected chi connectivity index (χ4v) is 10.1. The molecule has 0 aliphatic heterocycles. The average molecular weight is 499 g/mol. The molecule has 4 aliphatic carbocycles. The van der Waals surface area contributed by atoms with E-state index >= 15 is 0 Å². The van der Waals surface area contributed by atoms with E-state index in [9.17, 15) is 13.5 Å². The van der Waals surface area contributed by atoms with Crippen LogP contribution in [0.25, 0.3) is 0 Å². The third-order valence-electron chi connectivity index (χ3n) is 11.7. The highest BCUT2D eigenvalue weighted by Crippen LogP contribution is 2.68. The maximum atomic E-state index is 10.8. The highest BCUT2D eigenvalue weighted by Gasteiger charge is 2.60. The number of hydrogen-bond acceptors (Lipinski definition) is 4. The van der Waals surface area contributed by atoms with Gasteiger partial charge in [-0.3, -0.25) is 4.55 Å². The Hall–Kier alpha value is -0.170. The molecule has 0 aromatic carbocycles. The van der Waals surface area contributed by atoms with Gasteiger partial charge in [0.05, 0.1) is 12.7 Å². The summed E-state index contributed by atoms with van der Waals surface area (Å²) in [4.78, 5) is 0. The summed E-state index contributed by atoms with van der Waals surface area (Å²) in [6.45, 7) is 11.7. The van der Waals surface area contributed by atoms with Gasteiger partial charge in [0.1, 0.15) is 0 Å². The Morgan fingerprint density at radius 3 is 2.32 bits per heavy atom. The lowest BCUT2D eigenvalue weighted by molar-refractivity contribution is -0.120. The van der Waals surface area contributed by atoms with Gasteiger partial charge in [0.15, 0.2) is 0 Å². The van der Waals surface area contributed by atoms with Gasteiger partial charge in [-0.15, -0.1) is 0 Å². The minimum atomic E-state index is -4.45. The van der Waals surface area contributed by atoms with E-state index in [1.807, 2.05) is 0 Å². The minimum Gasteiger partial charge on any atom is -0.393 e. The molecule has 11 atom stereocenters. The molecule has 4 rings (SSSR count). The van der Waals surface area contributed by atoms with E-state index in [2.05, 4.69) is 31.9 Å². The van der Waals surface area contributed by atoms with E-state index in [0.717, 1.165) is 36.0 Å². The van der Waals surface area contributed by atoms with Crippen molar-refractivity contribution in [2.45, 2.75) is 111 Å². The first-order valence-electron chi connectivity index (χ1n) is 14.1. The van der Waals surface area contributed by atoms with Crippen molar-refractivity contribution >= 4 is 10.4 Å². The molecule has 8 unspecified atom stereocenters. The molecule has 0 radical (unpaired) electrons. The van der Waals surface area contributed by atoms with Crippen LogP contribution in [0.2, 0.25) is 0 Å². The largest absolute Gasteiger partial charge is 0.397 e. The number of fused-ring (bicyclic) bond motifs is 5. The molecule has 34 heavy (non-hydrogen) atoms. The van der Waals surface area contributed by atoms with Crippen molar-refractivity contribution in [1.29, 1.82) is 0 Å². The predicted molar refractivity (Wildman–Crippen MR) is 135 cm³/mol. The molecule has 4 fully saturated rings. The molecule has 0 bridgehead atoms. The zero-order valence-corrected chi connectivity index (χ0v) is 23.0. The maximum Gasteiger partial charge on any atom is 0.397 e. The first-order valence-corrected chi connectivity index (χ1v) is 15.5. The molecule has 198 valence electrons. The fraction of sp³-hybridized carbons (Fsp3) is 1.00. The highest BCUT2D eigenvalue weighted by atomic mass is 32.3. The average Bonchev–Trinajstić information content (AvgIpc) is 3.12. The Labute approximate surface area is 208 Å². The summed E-state index contributed by atoms with van der Waals surface area (Å²) in [5.74, 6) is 5.51. The molecular weight excluding hydrogens is 448 g/mol. The molecule has 2 N–H and O–H groups in total. The van der Waals surface area contributed by atoms with Gasteiger partial charge in [0, 0.05) is 5.92 Å². The van der Waals surface area contributed by atoms with Crippen LogP contribution in [0.1, 0.15) is 105 Å². The van der Waals surface area contributed by atoms with E-state index in [4.69, 9.17) is 4.55 Å². The van der Waals surface area contributed by atoms with E-state index in [1.54, 1.807) is 6.92 Å². The standard InChI is InChI=1S/C28H50O5S/c1-18-12-14-27(4)21(16-18)7-8-22-24-10-9-23(28(24,5)15-13-25(22)27)19(2)6-11-26(29)20(3)17-33-34(30,31)32/h18-26,29H,6-17H2,1-5H3,(H,30,31,32)/t18-,19?,20?,21?,22?,23?,24?,25?,26?,27-,28+/m0/s1. The summed E-state index contributed by atoms with van der Waals surface area (Å²) in [5.41, 5.74) is 1.00. The van der Waals surface area contributed by atoms with Gasteiger partial charge in [-0.2, -0.15) is 8.42 Å². The molecular formula is C28H50O5S. The monoisotopic (exact) mass is 498 g/mol. The number of aliphatic hydroxyl groups is 1. The van der Waals surface area contributed by atoms with Gasteiger partial charge in [0.2, 0.25) is 0 Å². The lowest BCUT2D eigenvalue weighted by atomic mass is 9.44. The highest BCUT2D eigenvalue weighted by molar-refractivity contribution is 7.80. The first-order chi connectivity index (χ1) is 15.8. The summed E-state index contributed by atoms with van der Waals surface area (Å²) < 4.78 is 34.9. The van der Waals surface area contributed by atoms with Gasteiger partial charge >= 0.3 is 10.4 Å². The van der Waals surface area contributed by atoms with Crippen LogP contribution in [0.15, 0.2) is 0 Å². The zero-order chi connectivity index (χ0) is 24.9. The van der Waals surface area contributed by atoms with E-state index in [0.29, 0.717) is 29.1 Å². The molecule has 0 saturated heterocycles. The summed E-state index contributed by atoms with van der Waals surface area (Å²) in [5, 5.41) is 10.6. The summed E-state index contributed by atoms with van der Waals surface area (Å²) in [6.07, 6.45) is 13.7. The Morgan fingerprint density at radius 1 is 0.941 bits per heavy atom. The second kappa shape index (κ2) is 9.95. The molecule has 5 nitrogen and oxygen atoms in total. The van der Waals surface area contributed by atoms with E-state index in [1.165, 1.54) is 57.8 Å². The Kier molecular flexibility index (Phi) is 7.86. The van der Waals surface area contributed by atoms with Gasteiger partial charge in [-0.1, -0.05) is 41.0 Å². The van der Waals surface area contributed by atoms with Crippen LogP contribution >= 0.6 is 0 Å². The smallest absolute Gasteiger partial charge is 0.393 e. The normalized spacial score (nSPS) is 45.0. The van der Waals surface area contributed by atoms with Crippen LogP contribution in [0.5, 0.6) is 0 Å². The van der Waals surface area contributed by atoms with Crippen LogP contribution in [0, 0.1) is 58.2 Å². The number of hydrogen-bond donors (Lipinski definition) is 2. The van der Waals surface area contributed by atoms with Crippen molar-refractivity contribution in [1.82, 2.24) is 0 Å². The molecule has 0 heterocycles. The molecule has 0 aromatic rings. The van der Waals surface area contributed by atoms with Crippen molar-refractivity contribution in [2.75, 3.05) is 6.61 Å². The molecule has 6 heteroatoms. The van der Waals surface area contributed by atoms with Crippen molar-refractivity contribution in [3.8, 4) is 0 Å². The van der Waals surface area contributed by atoms with Gasteiger partial charge in [-0.05, 0) is 116 Å². The predicted octanol–water partition coefficient (Wildman–Crippen LogP) is 6.51. The van der Waals surface area contributed by atoms with Crippen molar-refractivity contribution in [3.05, 3.63) is 0 Å². The number of aliphatic hydroxyl groups excluding tert-OH is 1. The Balaban J connectivity index is 1.36. The third-order valence-corrected chi connectivity index (χ3v) is 12.2. The third kappa shape index (κ3) is 5.13. The quantitative estimate of drug-likeness (QED) is 0.373. The summed E-state index contributed by atoms with van der Waals surface area (Å²) >= 11 is 0. The Bertz CT molecular complexity index is 814. The van der Waals surface area contributed by atoms with Crippen molar-refractivity contribution in [3.63, 3.8) is 0 Å². The van der Waals surface area contributed by atoms with Gasteiger partial charge < -0.3 is 5.11 Å². The van der Waals surface area contributed by atoms with Gasteiger partial charge in [-0.25, -0.2) is 4.18 Å². The molecule has 0 amide bonds. The topological polar surface area (TPSA) is 83.8 Å². The lowest BCUT2D eigenvalue weighted by Gasteiger charge is -2.61. The van der Waals surface area contributed by atoms with E-state index < -0.39 is 16.5 Å². The van der Waals surface area contributed by atoms with Crippen LogP contribution in [0.3, 0.4) is 0 Å². The van der Waals surface area contributed by atoms with Crippen molar-refractivity contribution < 1.29 is 22.3 Å². The second-order valence-electron chi connectivity index (χ2n) is 13.6. The van der Waals surface area contributed by atoms with Crippen LogP contribution in [-0.4, -0.2) is 30.8 Å². The zero-order valence-electron chi connectivity index (χ0n) is 22.2. The lowest BCUT2D eigenvalue weighted by Crippen LogP contribution is -2.53. The summed E-state index contributed by atoms with van der Waals surface area (Å²) in [7, 11) is -4.45. The minimum absolute atomic E-state index is 0.181. The van der Waals surface area contributed by atoms with E-state index in [-0.39, 0.29) is 12.5 Å². The molecule has 0 spiro atoms. The maximum absolute atomic E-state index is 10.8. The first kappa shape index (κ1) is 26.9. The van der Waals surface area contributed by atoms with Crippen LogP contribution in [-0.2, 0) is 14.6 Å². The van der Waals surface area contributed by atoms with Crippen LogP contribution < -0.4 is 0 Å². The SMILES string of the molecule is CC(COS(=O)(=O)O)C(O)CCC(C)C1CCC2C3CCC4C[C@@H](C)CC[C@]4(C)C3CC[C@]12C. The second-order valence-corrected chi connectivity index (χ2v) is 14.7. The van der Waals surface area contributed by atoms with Crippen LogP contribution in [0.4, 0.5) is 0 Å².